The summed E-state index contributed by atoms with van der Waals surface area (Å²) in [6.45, 7) is 0.965. The van der Waals surface area contributed by atoms with Crippen molar-refractivity contribution in [3.8, 4) is 0 Å². The van der Waals surface area contributed by atoms with Gasteiger partial charge in [0.15, 0.2) is 0 Å². The maximum atomic E-state index is 11.9. The summed E-state index contributed by atoms with van der Waals surface area (Å²) in [6, 6.07) is 0.131. The molecule has 0 aromatic heterocycles. The van der Waals surface area contributed by atoms with E-state index in [1.807, 2.05) is 0 Å². The second-order valence-electron chi connectivity index (χ2n) is 5.25. The summed E-state index contributed by atoms with van der Waals surface area (Å²) in [5.74, 6) is 0.359. The average molecular weight is 275 g/mol. The van der Waals surface area contributed by atoms with Crippen LogP contribution in [0.25, 0.3) is 0 Å². The first-order valence-electron chi connectivity index (χ1n) is 6.39. The zero-order chi connectivity index (χ0) is 13.3. The molecule has 0 atom stereocenters. The van der Waals surface area contributed by atoms with Crippen molar-refractivity contribution in [1.29, 1.82) is 0 Å². The van der Waals surface area contributed by atoms with Crippen molar-refractivity contribution in [3.05, 3.63) is 0 Å². The number of piperidine rings is 1. The molecule has 1 saturated heterocycles. The predicted molar refractivity (Wildman–Crippen MR) is 68.1 cm³/mol. The van der Waals surface area contributed by atoms with E-state index in [2.05, 4.69) is 5.32 Å². The van der Waals surface area contributed by atoms with Gasteiger partial charge in [-0.05, 0) is 25.7 Å². The maximum absolute atomic E-state index is 11.9. The molecule has 1 saturated carbocycles. The SMILES string of the molecule is CN(C)S(=O)(=O)N1CCC(NC(=O)C2CC2)CC1. The molecule has 18 heavy (non-hydrogen) atoms. The van der Waals surface area contributed by atoms with Crippen molar-refractivity contribution in [2.24, 2.45) is 5.92 Å². The van der Waals surface area contributed by atoms with Gasteiger partial charge >= 0.3 is 0 Å². The number of carbonyl (C=O) groups excluding carboxylic acids is 1. The summed E-state index contributed by atoms with van der Waals surface area (Å²) in [5, 5.41) is 3.01. The minimum Gasteiger partial charge on any atom is -0.353 e. The molecule has 1 aliphatic carbocycles. The van der Waals surface area contributed by atoms with E-state index < -0.39 is 10.2 Å². The molecule has 2 rings (SSSR count). The summed E-state index contributed by atoms with van der Waals surface area (Å²) in [5.41, 5.74) is 0. The quantitative estimate of drug-likeness (QED) is 0.771. The fraction of sp³-hybridized carbons (Fsp3) is 0.909. The number of rotatable bonds is 4. The van der Waals surface area contributed by atoms with Gasteiger partial charge in [-0.15, -0.1) is 0 Å². The minimum absolute atomic E-state index is 0.131. The monoisotopic (exact) mass is 275 g/mol. The van der Waals surface area contributed by atoms with Crippen LogP contribution in [-0.2, 0) is 15.0 Å². The van der Waals surface area contributed by atoms with Crippen LogP contribution in [0.15, 0.2) is 0 Å². The van der Waals surface area contributed by atoms with Gasteiger partial charge in [0.25, 0.3) is 10.2 Å². The van der Waals surface area contributed by atoms with Crippen molar-refractivity contribution < 1.29 is 13.2 Å². The van der Waals surface area contributed by atoms with E-state index in [1.54, 1.807) is 0 Å². The van der Waals surface area contributed by atoms with Gasteiger partial charge in [0.1, 0.15) is 0 Å². The highest BCUT2D eigenvalue weighted by molar-refractivity contribution is 7.86. The summed E-state index contributed by atoms with van der Waals surface area (Å²) < 4.78 is 26.5. The van der Waals surface area contributed by atoms with E-state index in [9.17, 15) is 13.2 Å². The number of nitrogens with one attached hydrogen (secondary N) is 1. The molecule has 0 aromatic rings. The van der Waals surface area contributed by atoms with E-state index in [1.165, 1.54) is 22.7 Å². The first-order chi connectivity index (χ1) is 8.41. The molecule has 0 bridgehead atoms. The van der Waals surface area contributed by atoms with Crippen LogP contribution in [0.5, 0.6) is 0 Å². The molecule has 7 heteroatoms. The molecule has 0 radical (unpaired) electrons. The van der Waals surface area contributed by atoms with Crippen LogP contribution in [0.3, 0.4) is 0 Å². The lowest BCUT2D eigenvalue weighted by atomic mass is 10.1. The Kier molecular flexibility index (Phi) is 3.93. The van der Waals surface area contributed by atoms with Crippen LogP contribution in [-0.4, -0.2) is 56.2 Å². The maximum Gasteiger partial charge on any atom is 0.281 e. The summed E-state index contributed by atoms with van der Waals surface area (Å²) in [4.78, 5) is 11.6. The number of hydrogen-bond acceptors (Lipinski definition) is 3. The summed E-state index contributed by atoms with van der Waals surface area (Å²) in [6.07, 6.45) is 3.40. The Morgan fingerprint density at radius 3 is 2.17 bits per heavy atom. The van der Waals surface area contributed by atoms with Gasteiger partial charge in [-0.25, -0.2) is 0 Å². The third-order valence-electron chi connectivity index (χ3n) is 3.54. The topological polar surface area (TPSA) is 69.7 Å². The molecule has 1 N–H and O–H groups in total. The third kappa shape index (κ3) is 3.02. The van der Waals surface area contributed by atoms with Gasteiger partial charge in [-0.3, -0.25) is 4.79 Å². The van der Waals surface area contributed by atoms with Crippen molar-refractivity contribution in [2.45, 2.75) is 31.7 Å². The van der Waals surface area contributed by atoms with E-state index in [0.717, 1.165) is 12.8 Å². The Morgan fingerprint density at radius 1 is 1.17 bits per heavy atom. The fourth-order valence-electron chi connectivity index (χ4n) is 2.13. The van der Waals surface area contributed by atoms with Crippen LogP contribution >= 0.6 is 0 Å². The van der Waals surface area contributed by atoms with Gasteiger partial charge in [-0.1, -0.05) is 0 Å². The van der Waals surface area contributed by atoms with Gasteiger partial charge in [-0.2, -0.15) is 17.0 Å². The largest absolute Gasteiger partial charge is 0.353 e. The molecule has 2 fully saturated rings. The lowest BCUT2D eigenvalue weighted by Crippen LogP contribution is -2.49. The van der Waals surface area contributed by atoms with Gasteiger partial charge in [0.05, 0.1) is 0 Å². The first-order valence-corrected chi connectivity index (χ1v) is 7.79. The Bertz CT molecular complexity index is 409. The second-order valence-corrected chi connectivity index (χ2v) is 7.39. The molecule has 104 valence electrons. The Hall–Kier alpha value is -0.660. The standard InChI is InChI=1S/C11H21N3O3S/c1-13(2)18(16,17)14-7-5-10(6-8-14)12-11(15)9-3-4-9/h9-10H,3-8H2,1-2H3,(H,12,15). The Labute approximate surface area is 109 Å². The van der Waals surface area contributed by atoms with Crippen molar-refractivity contribution in [2.75, 3.05) is 27.2 Å². The van der Waals surface area contributed by atoms with Gasteiger partial charge in [0, 0.05) is 39.1 Å². The van der Waals surface area contributed by atoms with Crippen molar-refractivity contribution in [1.82, 2.24) is 13.9 Å². The van der Waals surface area contributed by atoms with E-state index in [-0.39, 0.29) is 17.9 Å². The molecular weight excluding hydrogens is 254 g/mol. The van der Waals surface area contributed by atoms with Crippen molar-refractivity contribution in [3.63, 3.8) is 0 Å². The van der Waals surface area contributed by atoms with Crippen LogP contribution < -0.4 is 5.32 Å². The highest BCUT2D eigenvalue weighted by atomic mass is 32.2. The molecule has 2 aliphatic rings. The van der Waals surface area contributed by atoms with E-state index in [4.69, 9.17) is 0 Å². The molecular formula is C11H21N3O3S. The lowest BCUT2D eigenvalue weighted by Gasteiger charge is -2.33. The molecule has 1 amide bonds. The summed E-state index contributed by atoms with van der Waals surface area (Å²) >= 11 is 0. The van der Waals surface area contributed by atoms with Crippen LogP contribution in [0, 0.1) is 5.92 Å². The predicted octanol–water partition coefficient (Wildman–Crippen LogP) is -0.217. The van der Waals surface area contributed by atoms with Gasteiger partial charge in [0.2, 0.25) is 5.91 Å². The smallest absolute Gasteiger partial charge is 0.281 e. The third-order valence-corrected chi connectivity index (χ3v) is 5.48. The molecule has 6 nitrogen and oxygen atoms in total. The first kappa shape index (κ1) is 13.8. The number of amides is 1. The normalized spacial score (nSPS) is 23.3. The van der Waals surface area contributed by atoms with Crippen LogP contribution in [0.2, 0.25) is 0 Å². The highest BCUT2D eigenvalue weighted by Crippen LogP contribution is 2.29. The Balaban J connectivity index is 1.82. The zero-order valence-corrected chi connectivity index (χ0v) is 11.7. The average Bonchev–Trinajstić information content (AvgIpc) is 3.13. The molecule has 1 aliphatic heterocycles. The van der Waals surface area contributed by atoms with E-state index in [0.29, 0.717) is 25.9 Å². The minimum atomic E-state index is -3.30. The summed E-state index contributed by atoms with van der Waals surface area (Å²) in [7, 11) is -0.226. The Morgan fingerprint density at radius 2 is 1.72 bits per heavy atom. The lowest BCUT2D eigenvalue weighted by molar-refractivity contribution is -0.123. The molecule has 0 spiro atoms. The molecule has 0 aromatic carbocycles. The van der Waals surface area contributed by atoms with Gasteiger partial charge < -0.3 is 5.32 Å². The second kappa shape index (κ2) is 5.14. The number of nitrogens with zero attached hydrogens (tertiary/aromatic N) is 2. The van der Waals surface area contributed by atoms with Crippen LogP contribution in [0.4, 0.5) is 0 Å². The fourth-order valence-corrected chi connectivity index (χ4v) is 3.26. The zero-order valence-electron chi connectivity index (χ0n) is 10.9. The van der Waals surface area contributed by atoms with Crippen molar-refractivity contribution >= 4 is 16.1 Å². The molecule has 1 heterocycles. The van der Waals surface area contributed by atoms with Crippen LogP contribution in [0.1, 0.15) is 25.7 Å². The van der Waals surface area contributed by atoms with E-state index >= 15 is 0 Å². The highest BCUT2D eigenvalue weighted by Gasteiger charge is 2.33. The number of hydrogen-bond donors (Lipinski definition) is 1. The molecule has 0 unspecified atom stereocenters. The number of carbonyl (C=O) groups is 1.